The summed E-state index contributed by atoms with van der Waals surface area (Å²) >= 11 is 0. The Morgan fingerprint density at radius 1 is 1.11 bits per heavy atom. The third kappa shape index (κ3) is 5.39. The van der Waals surface area contributed by atoms with Gasteiger partial charge in [-0.1, -0.05) is 48.5 Å². The number of para-hydroxylation sites is 1. The summed E-state index contributed by atoms with van der Waals surface area (Å²) in [5.74, 6) is 0.129. The minimum Gasteiger partial charge on any atom is -0.380 e. The predicted molar refractivity (Wildman–Crippen MR) is 106 cm³/mol. The molecule has 1 saturated heterocycles. The molecule has 2 aromatic rings. The zero-order valence-corrected chi connectivity index (χ0v) is 16.1. The van der Waals surface area contributed by atoms with Crippen LogP contribution in [0.1, 0.15) is 18.9 Å². The van der Waals surface area contributed by atoms with Gasteiger partial charge in [0.05, 0.1) is 18.4 Å². The second-order valence-corrected chi connectivity index (χ2v) is 6.99. The molecule has 0 radical (unpaired) electrons. The molecule has 144 valence electrons. The van der Waals surface area contributed by atoms with E-state index in [1.807, 2.05) is 36.4 Å². The lowest BCUT2D eigenvalue weighted by Gasteiger charge is -2.38. The van der Waals surface area contributed by atoms with E-state index in [9.17, 15) is 4.79 Å². The molecule has 1 aliphatic rings. The van der Waals surface area contributed by atoms with E-state index < -0.39 is 0 Å². The van der Waals surface area contributed by atoms with Crippen molar-refractivity contribution in [3.63, 3.8) is 0 Å². The lowest BCUT2D eigenvalue weighted by Crippen LogP contribution is -2.46. The highest BCUT2D eigenvalue weighted by Gasteiger charge is 2.30. The Kier molecular flexibility index (Phi) is 6.98. The van der Waals surface area contributed by atoms with Gasteiger partial charge in [0.15, 0.2) is 0 Å². The molecule has 2 aromatic carbocycles. The number of carbonyl (C=O) groups excluding carboxylic acids is 1. The summed E-state index contributed by atoms with van der Waals surface area (Å²) in [6.45, 7) is 4.77. The number of amides is 1. The van der Waals surface area contributed by atoms with Gasteiger partial charge in [-0.05, 0) is 30.7 Å². The number of rotatable bonds is 7. The smallest absolute Gasteiger partial charge is 0.247 e. The first-order chi connectivity index (χ1) is 13.2. The van der Waals surface area contributed by atoms with Crippen molar-refractivity contribution in [3.8, 4) is 0 Å². The van der Waals surface area contributed by atoms with E-state index in [2.05, 4.69) is 29.2 Å². The summed E-state index contributed by atoms with van der Waals surface area (Å²) in [6.07, 6.45) is 1.07. The van der Waals surface area contributed by atoms with Crippen LogP contribution in [0.2, 0.25) is 0 Å². The summed E-state index contributed by atoms with van der Waals surface area (Å²) in [5.41, 5.74) is 2.06. The molecular weight excluding hydrogens is 340 g/mol. The van der Waals surface area contributed by atoms with Crippen molar-refractivity contribution in [2.24, 2.45) is 5.92 Å². The van der Waals surface area contributed by atoms with Crippen LogP contribution in [-0.2, 0) is 20.9 Å². The minimum atomic E-state index is -0.128. The van der Waals surface area contributed by atoms with E-state index in [0.717, 1.165) is 31.7 Å². The van der Waals surface area contributed by atoms with E-state index in [0.29, 0.717) is 6.61 Å². The normalized spacial score (nSPS) is 20.4. The summed E-state index contributed by atoms with van der Waals surface area (Å²) in [4.78, 5) is 20.3. The van der Waals surface area contributed by atoms with Crippen LogP contribution in [0.25, 0.3) is 0 Å². The van der Waals surface area contributed by atoms with Gasteiger partial charge in [-0.2, -0.15) is 5.06 Å². The molecule has 1 heterocycles. The third-order valence-electron chi connectivity index (χ3n) is 5.03. The van der Waals surface area contributed by atoms with Gasteiger partial charge in [-0.25, -0.2) is 0 Å². The molecular formula is C22H28N2O3. The summed E-state index contributed by atoms with van der Waals surface area (Å²) in [6, 6.07) is 20.0. The molecule has 0 saturated carbocycles. The first-order valence-electron chi connectivity index (χ1n) is 9.45. The Morgan fingerprint density at radius 2 is 1.78 bits per heavy atom. The second-order valence-electron chi connectivity index (χ2n) is 6.99. The second kappa shape index (κ2) is 9.65. The maximum Gasteiger partial charge on any atom is 0.247 e. The standard InChI is InChI=1S/C22H28N2O3/c1-18(25)24(21-11-7-4-8-12-21)27-17-20-13-14-23(16-22(20)26-2)15-19-9-5-3-6-10-19/h3-12,20,22H,13-17H2,1-2H3. The van der Waals surface area contributed by atoms with E-state index in [1.54, 1.807) is 7.11 Å². The average Bonchev–Trinajstić information content (AvgIpc) is 2.70. The number of likely N-dealkylation sites (tertiary alicyclic amines) is 1. The number of hydrogen-bond acceptors (Lipinski definition) is 4. The monoisotopic (exact) mass is 368 g/mol. The van der Waals surface area contributed by atoms with Gasteiger partial charge in [0.25, 0.3) is 0 Å². The van der Waals surface area contributed by atoms with Crippen LogP contribution in [0, 0.1) is 5.92 Å². The molecule has 0 spiro atoms. The first-order valence-corrected chi connectivity index (χ1v) is 9.45. The van der Waals surface area contributed by atoms with E-state index in [4.69, 9.17) is 9.57 Å². The predicted octanol–water partition coefficient (Wildman–Crippen LogP) is 3.51. The molecule has 0 aromatic heterocycles. The number of benzene rings is 2. The Labute approximate surface area is 161 Å². The molecule has 5 heteroatoms. The van der Waals surface area contributed by atoms with E-state index >= 15 is 0 Å². The number of piperidine rings is 1. The molecule has 0 bridgehead atoms. The lowest BCUT2D eigenvalue weighted by molar-refractivity contribution is -0.126. The van der Waals surface area contributed by atoms with Crippen molar-refractivity contribution in [1.82, 2.24) is 4.90 Å². The largest absolute Gasteiger partial charge is 0.380 e. The maximum absolute atomic E-state index is 12.0. The molecule has 1 aliphatic heterocycles. The molecule has 2 atom stereocenters. The van der Waals surface area contributed by atoms with Gasteiger partial charge in [-0.15, -0.1) is 0 Å². The van der Waals surface area contributed by atoms with Crippen LogP contribution in [0.4, 0.5) is 5.69 Å². The number of hydrogen-bond donors (Lipinski definition) is 0. The molecule has 2 unspecified atom stereocenters. The summed E-state index contributed by atoms with van der Waals surface area (Å²) in [5, 5.41) is 1.38. The highest BCUT2D eigenvalue weighted by atomic mass is 16.7. The SMILES string of the molecule is COC1CN(Cc2ccccc2)CCC1CON(C(C)=O)c1ccccc1. The topological polar surface area (TPSA) is 42.0 Å². The Morgan fingerprint density at radius 3 is 2.41 bits per heavy atom. The number of carbonyl (C=O) groups is 1. The van der Waals surface area contributed by atoms with Crippen molar-refractivity contribution >= 4 is 11.6 Å². The van der Waals surface area contributed by atoms with Crippen LogP contribution in [0.3, 0.4) is 0 Å². The van der Waals surface area contributed by atoms with Crippen molar-refractivity contribution in [2.45, 2.75) is 26.0 Å². The van der Waals surface area contributed by atoms with Crippen molar-refractivity contribution in [1.29, 1.82) is 0 Å². The molecule has 0 N–H and O–H groups in total. The Bertz CT molecular complexity index is 708. The Hall–Kier alpha value is -2.21. The van der Waals surface area contributed by atoms with Gasteiger partial charge < -0.3 is 4.74 Å². The first kappa shape index (κ1) is 19.5. The van der Waals surface area contributed by atoms with Crippen molar-refractivity contribution < 1.29 is 14.4 Å². The third-order valence-corrected chi connectivity index (χ3v) is 5.03. The van der Waals surface area contributed by atoms with Gasteiger partial charge in [0, 0.05) is 33.0 Å². The molecule has 27 heavy (non-hydrogen) atoms. The summed E-state index contributed by atoms with van der Waals surface area (Å²) < 4.78 is 5.75. The molecule has 3 rings (SSSR count). The Balaban J connectivity index is 1.56. The van der Waals surface area contributed by atoms with Gasteiger partial charge >= 0.3 is 0 Å². The van der Waals surface area contributed by atoms with E-state index in [1.165, 1.54) is 17.6 Å². The molecule has 0 aliphatic carbocycles. The summed E-state index contributed by atoms with van der Waals surface area (Å²) in [7, 11) is 1.75. The quantitative estimate of drug-likeness (QED) is 0.702. The fraction of sp³-hybridized carbons (Fsp3) is 0.409. The van der Waals surface area contributed by atoms with Crippen molar-refractivity contribution in [3.05, 3.63) is 66.2 Å². The van der Waals surface area contributed by atoms with Gasteiger partial charge in [0.2, 0.25) is 5.91 Å². The highest BCUT2D eigenvalue weighted by Crippen LogP contribution is 2.24. The fourth-order valence-electron chi connectivity index (χ4n) is 3.55. The lowest BCUT2D eigenvalue weighted by atomic mass is 9.94. The number of methoxy groups -OCH3 is 1. The minimum absolute atomic E-state index is 0.0899. The number of anilines is 1. The number of nitrogens with zero attached hydrogens (tertiary/aromatic N) is 2. The van der Waals surface area contributed by atoms with Crippen LogP contribution >= 0.6 is 0 Å². The van der Waals surface area contributed by atoms with Gasteiger partial charge in [-0.3, -0.25) is 14.5 Å². The van der Waals surface area contributed by atoms with Crippen LogP contribution in [-0.4, -0.2) is 43.7 Å². The number of ether oxygens (including phenoxy) is 1. The van der Waals surface area contributed by atoms with Crippen LogP contribution < -0.4 is 5.06 Å². The van der Waals surface area contributed by atoms with Gasteiger partial charge in [0.1, 0.15) is 0 Å². The average molecular weight is 368 g/mol. The molecule has 1 amide bonds. The molecule has 5 nitrogen and oxygen atoms in total. The highest BCUT2D eigenvalue weighted by molar-refractivity contribution is 5.89. The maximum atomic E-state index is 12.0. The van der Waals surface area contributed by atoms with Crippen molar-refractivity contribution in [2.75, 3.05) is 31.9 Å². The number of hydroxylamine groups is 1. The van der Waals surface area contributed by atoms with Crippen LogP contribution in [0.5, 0.6) is 0 Å². The zero-order chi connectivity index (χ0) is 19.1. The zero-order valence-electron chi connectivity index (χ0n) is 16.1. The van der Waals surface area contributed by atoms with Crippen LogP contribution in [0.15, 0.2) is 60.7 Å². The molecule has 1 fully saturated rings. The fourth-order valence-corrected chi connectivity index (χ4v) is 3.55. The van der Waals surface area contributed by atoms with E-state index in [-0.39, 0.29) is 17.9 Å².